The zero-order valence-corrected chi connectivity index (χ0v) is 21.6. The average Bonchev–Trinajstić information content (AvgIpc) is 2.89. The van der Waals surface area contributed by atoms with Crippen LogP contribution in [-0.4, -0.2) is 71.3 Å². The first-order chi connectivity index (χ1) is 17.8. The minimum atomic E-state index is -0.504. The van der Waals surface area contributed by atoms with Crippen LogP contribution in [0.5, 0.6) is 0 Å². The van der Waals surface area contributed by atoms with Gasteiger partial charge in [0.25, 0.3) is 11.8 Å². The molecule has 2 unspecified atom stereocenters. The Labute approximate surface area is 217 Å². The van der Waals surface area contributed by atoms with Gasteiger partial charge in [-0.05, 0) is 81.0 Å². The lowest BCUT2D eigenvalue weighted by molar-refractivity contribution is -0.136. The summed E-state index contributed by atoms with van der Waals surface area (Å²) in [5.41, 5.74) is 1.34. The maximum Gasteiger partial charge on any atom is 0.270 e. The van der Waals surface area contributed by atoms with E-state index in [9.17, 15) is 14.7 Å². The number of anilines is 2. The molecule has 2 aromatic rings. The summed E-state index contributed by atoms with van der Waals surface area (Å²) in [6, 6.07) is 9.69. The first-order valence-corrected chi connectivity index (χ1v) is 13.5. The molecule has 7 rings (SSSR count). The maximum atomic E-state index is 13.3. The number of pyridine rings is 2. The first-order valence-electron chi connectivity index (χ1n) is 13.5. The highest BCUT2D eigenvalue weighted by Crippen LogP contribution is 2.55. The molecule has 5 fully saturated rings. The highest BCUT2D eigenvalue weighted by Gasteiger charge is 2.55. The Balaban J connectivity index is 1.10. The van der Waals surface area contributed by atoms with Gasteiger partial charge >= 0.3 is 0 Å². The van der Waals surface area contributed by atoms with Gasteiger partial charge in [0.1, 0.15) is 17.2 Å². The van der Waals surface area contributed by atoms with Crippen molar-refractivity contribution in [2.75, 3.05) is 36.5 Å². The topological polar surface area (TPSA) is 111 Å². The molecule has 9 nitrogen and oxygen atoms in total. The van der Waals surface area contributed by atoms with Gasteiger partial charge in [0.15, 0.2) is 0 Å². The molecule has 5 aliphatic rings. The lowest BCUT2D eigenvalue weighted by atomic mass is 9.52. The van der Waals surface area contributed by atoms with Crippen molar-refractivity contribution in [2.45, 2.75) is 56.7 Å². The molecule has 4 aliphatic carbocycles. The quantitative estimate of drug-likeness (QED) is 0.573. The van der Waals surface area contributed by atoms with Crippen LogP contribution < -0.4 is 20.4 Å². The van der Waals surface area contributed by atoms with Crippen molar-refractivity contribution < 1.29 is 14.7 Å². The van der Waals surface area contributed by atoms with Crippen molar-refractivity contribution in [3.63, 3.8) is 0 Å². The minimum Gasteiger partial charge on any atom is -0.390 e. The Hall–Kier alpha value is -3.20. The molecule has 3 N–H and O–H groups in total. The number of amides is 2. The van der Waals surface area contributed by atoms with Gasteiger partial charge in [-0.25, -0.2) is 9.97 Å². The number of hydrogen-bond acceptors (Lipinski definition) is 7. The number of carbonyl (C=O) groups excluding carboxylic acids is 2. The number of hydrogen-bond donors (Lipinski definition) is 3. The standard InChI is InChI=1S/C28H36N6O3/c1-17-16-33(21-6-7-22(30-15-21)26(35)29-2)8-9-34(17)24-5-3-4-23(31-24)27(36)32-25-19-10-18-11-20(25)14-28(37,12-18)13-19/h3-7,15,17-20,25,37H,8-14,16H2,1-2H3,(H,29,35)(H,32,36)/t17-,18?,19?,20?,25-,28-/m1/s1. The van der Waals surface area contributed by atoms with Gasteiger partial charge in [-0.1, -0.05) is 6.07 Å². The first kappa shape index (κ1) is 24.2. The summed E-state index contributed by atoms with van der Waals surface area (Å²) in [6.07, 6.45) is 6.53. The van der Waals surface area contributed by atoms with Gasteiger partial charge in [0, 0.05) is 38.8 Å². The second-order valence-electron chi connectivity index (χ2n) is 11.5. The molecule has 1 saturated heterocycles. The molecule has 0 spiro atoms. The predicted molar refractivity (Wildman–Crippen MR) is 141 cm³/mol. The van der Waals surface area contributed by atoms with Crippen LogP contribution in [0.4, 0.5) is 11.5 Å². The van der Waals surface area contributed by atoms with Crippen LogP contribution in [0.25, 0.3) is 0 Å². The third-order valence-corrected chi connectivity index (χ3v) is 9.00. The molecule has 3 heterocycles. The number of nitrogens with one attached hydrogen (secondary N) is 2. The molecule has 3 atom stereocenters. The van der Waals surface area contributed by atoms with Gasteiger partial charge in [0.05, 0.1) is 17.5 Å². The Morgan fingerprint density at radius 1 is 1.03 bits per heavy atom. The normalized spacial score (nSPS) is 32.4. The van der Waals surface area contributed by atoms with E-state index < -0.39 is 5.60 Å². The van der Waals surface area contributed by atoms with Crippen LogP contribution in [-0.2, 0) is 0 Å². The maximum absolute atomic E-state index is 13.3. The van der Waals surface area contributed by atoms with Gasteiger partial charge in [0.2, 0.25) is 0 Å². The third-order valence-electron chi connectivity index (χ3n) is 9.00. The molecule has 0 radical (unpaired) electrons. The van der Waals surface area contributed by atoms with E-state index in [1.165, 1.54) is 0 Å². The molecule has 4 bridgehead atoms. The minimum absolute atomic E-state index is 0.111. The second kappa shape index (κ2) is 9.28. The van der Waals surface area contributed by atoms with Gasteiger partial charge in [-0.2, -0.15) is 0 Å². The molecule has 37 heavy (non-hydrogen) atoms. The molecule has 4 saturated carbocycles. The molecule has 1 aliphatic heterocycles. The van der Waals surface area contributed by atoms with E-state index in [1.807, 2.05) is 18.2 Å². The average molecular weight is 505 g/mol. The lowest BCUT2D eigenvalue weighted by Crippen LogP contribution is -2.61. The van der Waals surface area contributed by atoms with Crippen LogP contribution in [0.2, 0.25) is 0 Å². The van der Waals surface area contributed by atoms with Crippen molar-refractivity contribution in [3.8, 4) is 0 Å². The number of aromatic nitrogens is 2. The third kappa shape index (κ3) is 4.54. The number of nitrogens with zero attached hydrogens (tertiary/aromatic N) is 4. The van der Waals surface area contributed by atoms with Crippen LogP contribution in [0, 0.1) is 17.8 Å². The van der Waals surface area contributed by atoms with E-state index in [0.717, 1.165) is 63.2 Å². The zero-order valence-electron chi connectivity index (χ0n) is 21.6. The van der Waals surface area contributed by atoms with Crippen molar-refractivity contribution in [1.29, 1.82) is 0 Å². The van der Waals surface area contributed by atoms with Crippen molar-refractivity contribution in [1.82, 2.24) is 20.6 Å². The fraction of sp³-hybridized carbons (Fsp3) is 0.571. The highest BCUT2D eigenvalue weighted by molar-refractivity contribution is 5.93. The SMILES string of the molecule is CNC(=O)c1ccc(N2CCN(c3cccc(C(=O)N[C@H]4C5CC6CC4C[C@](O)(C6)C5)n3)[C@H](C)C2)cn1. The van der Waals surface area contributed by atoms with E-state index in [-0.39, 0.29) is 23.9 Å². The summed E-state index contributed by atoms with van der Waals surface area (Å²) >= 11 is 0. The molecule has 0 aromatic carbocycles. The van der Waals surface area contributed by atoms with E-state index in [0.29, 0.717) is 29.1 Å². The van der Waals surface area contributed by atoms with E-state index in [1.54, 1.807) is 25.4 Å². The largest absolute Gasteiger partial charge is 0.390 e. The van der Waals surface area contributed by atoms with E-state index in [4.69, 9.17) is 4.98 Å². The summed E-state index contributed by atoms with van der Waals surface area (Å²) in [5.74, 6) is 1.86. The fourth-order valence-corrected chi connectivity index (χ4v) is 7.52. The Kier molecular flexibility index (Phi) is 6.06. The highest BCUT2D eigenvalue weighted by atomic mass is 16.3. The summed E-state index contributed by atoms with van der Waals surface area (Å²) in [7, 11) is 1.60. The molecule has 2 aromatic heterocycles. The molecule has 2 amide bonds. The van der Waals surface area contributed by atoms with Crippen LogP contribution >= 0.6 is 0 Å². The monoisotopic (exact) mass is 504 g/mol. The molecule has 196 valence electrons. The number of carbonyl (C=O) groups is 2. The fourth-order valence-electron chi connectivity index (χ4n) is 7.52. The van der Waals surface area contributed by atoms with Crippen LogP contribution in [0.1, 0.15) is 60.0 Å². The van der Waals surface area contributed by atoms with E-state index >= 15 is 0 Å². The lowest BCUT2D eigenvalue weighted by Gasteiger charge is -2.58. The second-order valence-corrected chi connectivity index (χ2v) is 11.5. The van der Waals surface area contributed by atoms with E-state index in [2.05, 4.69) is 32.3 Å². The van der Waals surface area contributed by atoms with Crippen molar-refractivity contribution in [3.05, 3.63) is 47.9 Å². The number of aliphatic hydroxyl groups is 1. The zero-order chi connectivity index (χ0) is 25.7. The summed E-state index contributed by atoms with van der Waals surface area (Å²) in [5, 5.41) is 16.8. The Morgan fingerprint density at radius 3 is 2.46 bits per heavy atom. The number of piperazine rings is 1. The van der Waals surface area contributed by atoms with Gasteiger partial charge < -0.3 is 25.5 Å². The van der Waals surface area contributed by atoms with Gasteiger partial charge in [-0.15, -0.1) is 0 Å². The smallest absolute Gasteiger partial charge is 0.270 e. The summed E-state index contributed by atoms with van der Waals surface area (Å²) < 4.78 is 0. The molecular formula is C28H36N6O3. The molecule has 9 heteroatoms. The van der Waals surface area contributed by atoms with Crippen LogP contribution in [0.3, 0.4) is 0 Å². The van der Waals surface area contributed by atoms with Crippen molar-refractivity contribution in [2.24, 2.45) is 17.8 Å². The Morgan fingerprint density at radius 2 is 1.81 bits per heavy atom. The predicted octanol–water partition coefficient (Wildman–Crippen LogP) is 2.22. The Bertz CT molecular complexity index is 1170. The summed E-state index contributed by atoms with van der Waals surface area (Å²) in [6.45, 7) is 4.50. The van der Waals surface area contributed by atoms with Gasteiger partial charge in [-0.3, -0.25) is 9.59 Å². The van der Waals surface area contributed by atoms with Crippen molar-refractivity contribution >= 4 is 23.3 Å². The number of rotatable bonds is 5. The molecular weight excluding hydrogens is 468 g/mol. The van der Waals surface area contributed by atoms with Crippen LogP contribution in [0.15, 0.2) is 36.5 Å². The summed E-state index contributed by atoms with van der Waals surface area (Å²) in [4.78, 5) is 38.6.